The van der Waals surface area contributed by atoms with Gasteiger partial charge in [0.15, 0.2) is 0 Å². The average molecular weight is 279 g/mol. The normalized spacial score (nSPS) is 15.5. The van der Waals surface area contributed by atoms with E-state index in [1.165, 1.54) is 0 Å². The molecule has 0 bridgehead atoms. The van der Waals surface area contributed by atoms with Crippen LogP contribution in [0.3, 0.4) is 0 Å². The number of nitrogens with one attached hydrogen (secondary N) is 1. The molecule has 0 fully saturated rings. The lowest BCUT2D eigenvalue weighted by Gasteiger charge is -2.09. The summed E-state index contributed by atoms with van der Waals surface area (Å²) in [6.07, 6.45) is 10.0. The van der Waals surface area contributed by atoms with Gasteiger partial charge >= 0.3 is 0 Å². The highest BCUT2D eigenvalue weighted by atomic mass is 15.0. The molecule has 1 aliphatic rings. The number of aromatic nitrogens is 2. The fraction of sp³-hybridized carbons (Fsp3) is 0.222. The molecule has 2 aromatic rings. The van der Waals surface area contributed by atoms with Gasteiger partial charge in [-0.05, 0) is 24.1 Å². The molecule has 1 aromatic heterocycles. The zero-order valence-electron chi connectivity index (χ0n) is 12.7. The van der Waals surface area contributed by atoms with E-state index < -0.39 is 0 Å². The molecule has 1 aromatic carbocycles. The number of para-hydroxylation sites is 1. The van der Waals surface area contributed by atoms with E-state index in [2.05, 4.69) is 46.5 Å². The van der Waals surface area contributed by atoms with Crippen molar-refractivity contribution in [3.05, 3.63) is 60.1 Å². The van der Waals surface area contributed by atoms with E-state index in [9.17, 15) is 0 Å². The second kappa shape index (κ2) is 7.39. The lowest BCUT2D eigenvalue weighted by atomic mass is 10.1. The third-order valence-electron chi connectivity index (χ3n) is 3.08. The number of rotatable bonds is 2. The van der Waals surface area contributed by atoms with Gasteiger partial charge in [0.05, 0.1) is 5.69 Å². The molecule has 3 rings (SSSR count). The van der Waals surface area contributed by atoms with Crippen molar-refractivity contribution in [2.75, 3.05) is 5.32 Å². The van der Waals surface area contributed by atoms with Crippen LogP contribution in [0.2, 0.25) is 0 Å². The third kappa shape index (κ3) is 3.78. The van der Waals surface area contributed by atoms with E-state index >= 15 is 0 Å². The van der Waals surface area contributed by atoms with Gasteiger partial charge in [0.1, 0.15) is 12.1 Å². The highest BCUT2D eigenvalue weighted by molar-refractivity contribution is 5.75. The van der Waals surface area contributed by atoms with Crippen molar-refractivity contribution in [1.29, 1.82) is 0 Å². The Morgan fingerprint density at radius 2 is 1.67 bits per heavy atom. The number of allylic oxidation sites excluding steroid dienone is 2. The molecule has 21 heavy (non-hydrogen) atoms. The van der Waals surface area contributed by atoms with E-state index in [1.54, 1.807) is 6.33 Å². The van der Waals surface area contributed by atoms with Crippen LogP contribution in [0.5, 0.6) is 0 Å². The fourth-order valence-electron chi connectivity index (χ4n) is 2.02. The topological polar surface area (TPSA) is 37.8 Å². The van der Waals surface area contributed by atoms with E-state index in [0.29, 0.717) is 5.92 Å². The first kappa shape index (κ1) is 15.0. The third-order valence-corrected chi connectivity index (χ3v) is 3.08. The number of anilines is 2. The van der Waals surface area contributed by atoms with Crippen LogP contribution in [0.4, 0.5) is 11.5 Å². The van der Waals surface area contributed by atoms with Gasteiger partial charge in [-0.3, -0.25) is 0 Å². The van der Waals surface area contributed by atoms with Gasteiger partial charge in [-0.25, -0.2) is 9.97 Å². The highest BCUT2D eigenvalue weighted by Gasteiger charge is 2.09. The molecular formula is C18H21N3. The Labute approximate surface area is 126 Å². The lowest BCUT2D eigenvalue weighted by Crippen LogP contribution is -1.99. The Kier molecular flexibility index (Phi) is 5.27. The zero-order chi connectivity index (χ0) is 15.1. The zero-order valence-corrected chi connectivity index (χ0v) is 12.7. The summed E-state index contributed by atoms with van der Waals surface area (Å²) in [5.41, 5.74) is 3.01. The number of benzene rings is 1. The average Bonchev–Trinajstić information content (AvgIpc) is 2.73. The Morgan fingerprint density at radius 3 is 2.43 bits per heavy atom. The second-order valence-electron chi connectivity index (χ2n) is 4.59. The van der Waals surface area contributed by atoms with Gasteiger partial charge < -0.3 is 5.32 Å². The molecule has 108 valence electrons. The van der Waals surface area contributed by atoms with Crippen LogP contribution < -0.4 is 5.32 Å². The molecule has 3 nitrogen and oxygen atoms in total. The molecule has 0 spiro atoms. The highest BCUT2D eigenvalue weighted by Crippen LogP contribution is 2.25. The van der Waals surface area contributed by atoms with Crippen molar-refractivity contribution in [3.8, 4) is 0 Å². The van der Waals surface area contributed by atoms with E-state index in [4.69, 9.17) is 0 Å². The van der Waals surface area contributed by atoms with Crippen molar-refractivity contribution >= 4 is 23.7 Å². The summed E-state index contributed by atoms with van der Waals surface area (Å²) in [6, 6.07) is 10.0. The fourth-order valence-corrected chi connectivity index (χ4v) is 2.02. The van der Waals surface area contributed by atoms with Crippen LogP contribution in [0, 0.1) is 5.92 Å². The minimum Gasteiger partial charge on any atom is -0.340 e. The number of hydrogen-bond acceptors (Lipinski definition) is 3. The standard InChI is InChI=1S/C16H15N3.C2H6/c1-12-7-9-14-15(10-8-12)17-11-18-16(14)19-13-5-3-2-4-6-13;1-2/h2-12H,1H3,(H,17,18,19);1-2H3. The van der Waals surface area contributed by atoms with Crippen molar-refractivity contribution in [3.63, 3.8) is 0 Å². The molecule has 0 saturated heterocycles. The Morgan fingerprint density at radius 1 is 0.952 bits per heavy atom. The van der Waals surface area contributed by atoms with Crippen molar-refractivity contribution < 1.29 is 0 Å². The van der Waals surface area contributed by atoms with Crippen LogP contribution in [0.15, 0.2) is 48.8 Å². The quantitative estimate of drug-likeness (QED) is 0.847. The predicted octanol–water partition coefficient (Wildman–Crippen LogP) is 4.92. The molecule has 1 N–H and O–H groups in total. The molecule has 1 atom stereocenters. The Hall–Kier alpha value is -2.42. The maximum Gasteiger partial charge on any atom is 0.141 e. The summed E-state index contributed by atoms with van der Waals surface area (Å²) in [6.45, 7) is 6.15. The molecule has 0 amide bonds. The second-order valence-corrected chi connectivity index (χ2v) is 4.59. The summed E-state index contributed by atoms with van der Waals surface area (Å²) in [7, 11) is 0. The number of nitrogens with zero attached hydrogens (tertiary/aromatic N) is 2. The van der Waals surface area contributed by atoms with E-state index in [0.717, 1.165) is 22.8 Å². The van der Waals surface area contributed by atoms with Gasteiger partial charge in [-0.15, -0.1) is 0 Å². The largest absolute Gasteiger partial charge is 0.340 e. The Balaban J connectivity index is 0.000000774. The van der Waals surface area contributed by atoms with Crippen LogP contribution in [0.25, 0.3) is 12.2 Å². The predicted molar refractivity (Wildman–Crippen MR) is 90.3 cm³/mol. The van der Waals surface area contributed by atoms with Crippen LogP contribution in [0.1, 0.15) is 32.0 Å². The molecule has 0 radical (unpaired) electrons. The van der Waals surface area contributed by atoms with E-state index in [1.807, 2.05) is 44.2 Å². The van der Waals surface area contributed by atoms with Gasteiger partial charge in [0, 0.05) is 11.3 Å². The monoisotopic (exact) mass is 279 g/mol. The summed E-state index contributed by atoms with van der Waals surface area (Å²) >= 11 is 0. The number of hydrogen-bond donors (Lipinski definition) is 1. The first-order valence-corrected chi connectivity index (χ1v) is 7.36. The van der Waals surface area contributed by atoms with Crippen LogP contribution in [-0.4, -0.2) is 9.97 Å². The summed E-state index contributed by atoms with van der Waals surface area (Å²) in [5, 5.41) is 3.34. The minimum atomic E-state index is 0.416. The SMILES string of the molecule is CC.CC1C=Cc2ncnc(Nc3ccccc3)c2C=C1. The molecule has 1 unspecified atom stereocenters. The van der Waals surface area contributed by atoms with Gasteiger partial charge in [0.2, 0.25) is 0 Å². The van der Waals surface area contributed by atoms with Crippen LogP contribution in [-0.2, 0) is 0 Å². The molecule has 1 aliphatic carbocycles. The minimum absolute atomic E-state index is 0.416. The van der Waals surface area contributed by atoms with Crippen LogP contribution >= 0.6 is 0 Å². The molecule has 3 heteroatoms. The smallest absolute Gasteiger partial charge is 0.141 e. The summed E-state index contributed by atoms with van der Waals surface area (Å²) < 4.78 is 0. The van der Waals surface area contributed by atoms with Crippen molar-refractivity contribution in [2.45, 2.75) is 20.8 Å². The van der Waals surface area contributed by atoms with E-state index in [-0.39, 0.29) is 0 Å². The van der Waals surface area contributed by atoms with Gasteiger partial charge in [0.25, 0.3) is 0 Å². The first-order chi connectivity index (χ1) is 10.3. The molecular weight excluding hydrogens is 258 g/mol. The van der Waals surface area contributed by atoms with Gasteiger partial charge in [-0.1, -0.05) is 57.2 Å². The van der Waals surface area contributed by atoms with Crippen molar-refractivity contribution in [2.24, 2.45) is 5.92 Å². The molecule has 1 heterocycles. The Bertz CT molecular complexity index is 630. The molecule has 0 saturated carbocycles. The maximum absolute atomic E-state index is 4.35. The summed E-state index contributed by atoms with van der Waals surface area (Å²) in [4.78, 5) is 8.67. The lowest BCUT2D eigenvalue weighted by molar-refractivity contribution is 0.953. The first-order valence-electron chi connectivity index (χ1n) is 7.36. The van der Waals surface area contributed by atoms with Gasteiger partial charge in [-0.2, -0.15) is 0 Å². The molecule has 0 aliphatic heterocycles. The summed E-state index contributed by atoms with van der Waals surface area (Å²) in [5.74, 6) is 1.25. The maximum atomic E-state index is 4.35. The number of fused-ring (bicyclic) bond motifs is 1. The van der Waals surface area contributed by atoms with Crippen molar-refractivity contribution in [1.82, 2.24) is 9.97 Å².